The van der Waals surface area contributed by atoms with Crippen LogP contribution in [0.25, 0.3) is 0 Å². The molecule has 0 saturated heterocycles. The smallest absolute Gasteiger partial charge is 0.0725 e. The predicted octanol–water partition coefficient (Wildman–Crippen LogP) is 6.74. The molecule has 3 aliphatic rings. The van der Waals surface area contributed by atoms with E-state index in [1.165, 1.54) is 61.8 Å². The van der Waals surface area contributed by atoms with Crippen LogP contribution in [-0.4, -0.2) is 0 Å². The summed E-state index contributed by atoms with van der Waals surface area (Å²) in [6.45, 7) is 4.65. The summed E-state index contributed by atoms with van der Waals surface area (Å²) < 4.78 is 0. The van der Waals surface area contributed by atoms with E-state index in [4.69, 9.17) is 0 Å². The summed E-state index contributed by atoms with van der Waals surface area (Å²) in [5, 5.41) is 4.12. The zero-order valence-corrected chi connectivity index (χ0v) is 16.2. The van der Waals surface area contributed by atoms with Crippen molar-refractivity contribution in [3.05, 3.63) is 65.2 Å². The van der Waals surface area contributed by atoms with Crippen LogP contribution in [0.2, 0.25) is 0 Å². The number of nitrogens with one attached hydrogen (secondary N) is 1. The summed E-state index contributed by atoms with van der Waals surface area (Å²) in [7, 11) is 0. The normalized spacial score (nSPS) is 32.5. The van der Waals surface area contributed by atoms with Gasteiger partial charge < -0.3 is 5.32 Å². The number of anilines is 1. The molecule has 0 radical (unpaired) electrons. The molecule has 1 aliphatic heterocycles. The third-order valence-electron chi connectivity index (χ3n) is 7.74. The average Bonchev–Trinajstić information content (AvgIpc) is 2.98. The first-order valence-electron chi connectivity index (χ1n) is 10.7. The van der Waals surface area contributed by atoms with Crippen LogP contribution in [0.15, 0.2) is 48.5 Å². The monoisotopic (exact) mass is 345 g/mol. The number of hydrogen-bond acceptors (Lipinski definition) is 1. The van der Waals surface area contributed by atoms with E-state index in [9.17, 15) is 0 Å². The molecule has 1 heterocycles. The third-order valence-corrected chi connectivity index (χ3v) is 7.74. The first-order chi connectivity index (χ1) is 12.7. The van der Waals surface area contributed by atoms with E-state index < -0.39 is 0 Å². The van der Waals surface area contributed by atoms with Crippen LogP contribution in [0.1, 0.15) is 81.4 Å². The second kappa shape index (κ2) is 5.87. The van der Waals surface area contributed by atoms with E-state index in [1.54, 1.807) is 5.56 Å². The van der Waals surface area contributed by atoms with E-state index in [0.29, 0.717) is 5.92 Å². The Labute approximate surface area is 158 Å². The quantitative estimate of drug-likeness (QED) is 0.635. The van der Waals surface area contributed by atoms with Gasteiger partial charge in [0, 0.05) is 11.1 Å². The molecule has 0 aromatic heterocycles. The fraction of sp³-hybridized carbons (Fsp3) is 0.520. The lowest BCUT2D eigenvalue weighted by Gasteiger charge is -2.57. The molecular weight excluding hydrogens is 314 g/mol. The fourth-order valence-electron chi connectivity index (χ4n) is 6.62. The van der Waals surface area contributed by atoms with Gasteiger partial charge in [-0.05, 0) is 60.3 Å². The summed E-state index contributed by atoms with van der Waals surface area (Å²) in [5.41, 5.74) is 6.43. The summed E-state index contributed by atoms with van der Waals surface area (Å²) in [6.07, 6.45) is 9.55. The van der Waals surface area contributed by atoms with Gasteiger partial charge in [-0.15, -0.1) is 0 Å². The van der Waals surface area contributed by atoms with Crippen LogP contribution in [0.5, 0.6) is 0 Å². The molecule has 2 aromatic carbocycles. The van der Waals surface area contributed by atoms with Gasteiger partial charge in [0.1, 0.15) is 0 Å². The van der Waals surface area contributed by atoms with Crippen molar-refractivity contribution >= 4 is 5.69 Å². The summed E-state index contributed by atoms with van der Waals surface area (Å²) in [6, 6.07) is 18.7. The van der Waals surface area contributed by atoms with Crippen LogP contribution >= 0.6 is 0 Å². The van der Waals surface area contributed by atoms with Crippen LogP contribution in [-0.2, 0) is 11.0 Å². The van der Waals surface area contributed by atoms with Gasteiger partial charge in [0.05, 0.1) is 5.54 Å². The fourth-order valence-corrected chi connectivity index (χ4v) is 6.62. The maximum absolute atomic E-state index is 4.12. The first kappa shape index (κ1) is 16.4. The largest absolute Gasteiger partial charge is 0.374 e. The van der Waals surface area contributed by atoms with Crippen molar-refractivity contribution in [3.8, 4) is 0 Å². The molecule has 26 heavy (non-hydrogen) atoms. The molecule has 136 valence electrons. The van der Waals surface area contributed by atoms with Crippen LogP contribution in [0.3, 0.4) is 0 Å². The highest BCUT2D eigenvalue weighted by Crippen LogP contribution is 2.66. The highest BCUT2D eigenvalue weighted by molar-refractivity contribution is 5.68. The molecular formula is C25H31N. The molecule has 2 fully saturated rings. The van der Waals surface area contributed by atoms with Crippen molar-refractivity contribution in [2.45, 2.75) is 75.7 Å². The van der Waals surface area contributed by atoms with Gasteiger partial charge in [0.15, 0.2) is 0 Å². The van der Waals surface area contributed by atoms with Crippen LogP contribution < -0.4 is 5.32 Å². The Hall–Kier alpha value is -1.76. The zero-order valence-electron chi connectivity index (χ0n) is 16.2. The summed E-state index contributed by atoms with van der Waals surface area (Å²) >= 11 is 0. The molecule has 5 rings (SSSR count). The van der Waals surface area contributed by atoms with E-state index in [0.717, 1.165) is 5.92 Å². The maximum atomic E-state index is 4.12. The van der Waals surface area contributed by atoms with Gasteiger partial charge in [-0.1, -0.05) is 75.6 Å². The van der Waals surface area contributed by atoms with Gasteiger partial charge in [0.2, 0.25) is 0 Å². The van der Waals surface area contributed by atoms with E-state index in [2.05, 4.69) is 67.7 Å². The van der Waals surface area contributed by atoms with Crippen molar-refractivity contribution in [1.82, 2.24) is 0 Å². The highest BCUT2D eigenvalue weighted by Gasteiger charge is 2.63. The highest BCUT2D eigenvalue weighted by atomic mass is 15.1. The standard InChI is InChI=1S/C25H31N/c1-18(2)19-13-14-23-22(17-19)24-15-7-6-9-20(24)12-8-16-25(24,26-23)21-10-4-3-5-11-21/h3-5,10-11,13-14,17-18,20,26H,6-9,12,15-16H2,1-2H3/t20-,24-,25-/m0/s1. The van der Waals surface area contributed by atoms with Gasteiger partial charge >= 0.3 is 0 Å². The van der Waals surface area contributed by atoms with Crippen LogP contribution in [0, 0.1) is 5.92 Å². The predicted molar refractivity (Wildman–Crippen MR) is 110 cm³/mol. The Bertz CT molecular complexity index is 806. The zero-order chi connectivity index (χ0) is 17.8. The minimum Gasteiger partial charge on any atom is -0.374 e. The molecule has 1 spiro atoms. The van der Waals surface area contributed by atoms with Crippen molar-refractivity contribution < 1.29 is 0 Å². The molecule has 3 atom stereocenters. The Morgan fingerprint density at radius 2 is 1.73 bits per heavy atom. The van der Waals surface area contributed by atoms with E-state index in [-0.39, 0.29) is 11.0 Å². The number of hydrogen-bond donors (Lipinski definition) is 1. The Kier molecular flexibility index (Phi) is 3.71. The molecule has 0 bridgehead atoms. The second-order valence-electron chi connectivity index (χ2n) is 9.16. The van der Waals surface area contributed by atoms with Gasteiger partial charge in [-0.3, -0.25) is 0 Å². The van der Waals surface area contributed by atoms with Gasteiger partial charge in [-0.2, -0.15) is 0 Å². The molecule has 1 N–H and O–H groups in total. The van der Waals surface area contributed by atoms with Crippen LogP contribution in [0.4, 0.5) is 5.69 Å². The number of benzene rings is 2. The molecule has 2 saturated carbocycles. The Morgan fingerprint density at radius 1 is 0.923 bits per heavy atom. The lowest BCUT2D eigenvalue weighted by atomic mass is 9.48. The molecule has 0 amide bonds. The molecule has 2 aromatic rings. The average molecular weight is 346 g/mol. The van der Waals surface area contributed by atoms with Gasteiger partial charge in [0.25, 0.3) is 0 Å². The number of rotatable bonds is 2. The molecule has 2 aliphatic carbocycles. The van der Waals surface area contributed by atoms with Gasteiger partial charge in [-0.25, -0.2) is 0 Å². The van der Waals surface area contributed by atoms with Crippen molar-refractivity contribution in [2.24, 2.45) is 5.92 Å². The maximum Gasteiger partial charge on any atom is 0.0725 e. The second-order valence-corrected chi connectivity index (χ2v) is 9.16. The third kappa shape index (κ3) is 2.03. The number of fused-ring (bicyclic) bond motifs is 1. The molecule has 0 unspecified atom stereocenters. The minimum absolute atomic E-state index is 0.0928. The first-order valence-corrected chi connectivity index (χ1v) is 10.7. The summed E-state index contributed by atoms with van der Waals surface area (Å²) in [4.78, 5) is 0. The Morgan fingerprint density at radius 3 is 2.54 bits per heavy atom. The molecule has 1 heteroatoms. The van der Waals surface area contributed by atoms with Crippen molar-refractivity contribution in [3.63, 3.8) is 0 Å². The van der Waals surface area contributed by atoms with Crippen molar-refractivity contribution in [1.29, 1.82) is 0 Å². The molecule has 1 nitrogen and oxygen atoms in total. The Balaban J connectivity index is 1.77. The lowest BCUT2D eigenvalue weighted by Crippen LogP contribution is -2.57. The SMILES string of the molecule is CC(C)c1ccc2c(c1)[C@]13CCCC[C@H]1CCC[C@@]3(c1ccccc1)N2. The topological polar surface area (TPSA) is 12.0 Å². The van der Waals surface area contributed by atoms with Crippen molar-refractivity contribution in [2.75, 3.05) is 5.32 Å². The lowest BCUT2D eigenvalue weighted by molar-refractivity contribution is 0.0564. The minimum atomic E-state index is 0.0928. The summed E-state index contributed by atoms with van der Waals surface area (Å²) in [5.74, 6) is 1.41. The van der Waals surface area contributed by atoms with E-state index in [1.807, 2.05) is 0 Å². The van der Waals surface area contributed by atoms with E-state index >= 15 is 0 Å².